The van der Waals surface area contributed by atoms with E-state index in [9.17, 15) is 13.2 Å². The first kappa shape index (κ1) is 16.5. The van der Waals surface area contributed by atoms with Crippen LogP contribution in [0.2, 0.25) is 0 Å². The third-order valence-electron chi connectivity index (χ3n) is 3.72. The van der Waals surface area contributed by atoms with Crippen molar-refractivity contribution in [3.63, 3.8) is 0 Å². The van der Waals surface area contributed by atoms with Crippen molar-refractivity contribution in [2.45, 2.75) is 31.6 Å². The molecule has 1 heterocycles. The Labute approximate surface area is 130 Å². The summed E-state index contributed by atoms with van der Waals surface area (Å²) < 4.78 is 39.0. The van der Waals surface area contributed by atoms with Gasteiger partial charge in [0.15, 0.2) is 0 Å². The highest BCUT2D eigenvalue weighted by Crippen LogP contribution is 2.35. The van der Waals surface area contributed by atoms with Gasteiger partial charge in [0.1, 0.15) is 0 Å². The van der Waals surface area contributed by atoms with Gasteiger partial charge in [-0.2, -0.15) is 13.2 Å². The first-order chi connectivity index (χ1) is 9.80. The first-order valence-electron chi connectivity index (χ1n) is 6.81. The molecule has 2 N–H and O–H groups in total. The van der Waals surface area contributed by atoms with Crippen molar-refractivity contribution in [1.82, 2.24) is 4.90 Å². The summed E-state index contributed by atoms with van der Waals surface area (Å²) in [6, 6.07) is 7.42. The smallest absolute Gasteiger partial charge is 0.326 e. The lowest BCUT2D eigenvalue weighted by molar-refractivity contribution is -0.0965. The van der Waals surface area contributed by atoms with Crippen LogP contribution in [0.4, 0.5) is 13.2 Å². The van der Waals surface area contributed by atoms with Crippen LogP contribution in [0.25, 0.3) is 0 Å². The van der Waals surface area contributed by atoms with Crippen LogP contribution in [-0.4, -0.2) is 30.2 Å². The molecule has 2 unspecified atom stereocenters. The monoisotopic (exact) mass is 362 g/mol. The van der Waals surface area contributed by atoms with Crippen LogP contribution in [0.15, 0.2) is 40.4 Å². The fourth-order valence-corrected chi connectivity index (χ4v) is 3.24. The minimum Gasteiger partial charge on any atom is -0.326 e. The Balaban J connectivity index is 2.23. The highest BCUT2D eigenvalue weighted by Gasteiger charge is 2.36. The highest BCUT2D eigenvalue weighted by molar-refractivity contribution is 9.10. The van der Waals surface area contributed by atoms with Crippen LogP contribution in [0.1, 0.15) is 24.9 Å². The fraction of sp³-hybridized carbons (Fsp3) is 0.467. The van der Waals surface area contributed by atoms with E-state index in [0.717, 1.165) is 10.0 Å². The Morgan fingerprint density at radius 1 is 1.29 bits per heavy atom. The van der Waals surface area contributed by atoms with E-state index in [0.29, 0.717) is 6.54 Å². The van der Waals surface area contributed by atoms with Gasteiger partial charge in [-0.15, -0.1) is 0 Å². The molecule has 6 heteroatoms. The SMILES string of the molecule is CC(N)C(c1ccccc1Br)N1CC=C(C(F)(F)F)CC1. The number of alkyl halides is 3. The zero-order chi connectivity index (χ0) is 15.6. The van der Waals surface area contributed by atoms with E-state index in [1.807, 2.05) is 36.1 Å². The molecule has 2 atom stereocenters. The second-order valence-electron chi connectivity index (χ2n) is 5.30. The molecule has 2 nitrogen and oxygen atoms in total. The predicted octanol–water partition coefficient (Wildman–Crippen LogP) is 4.03. The van der Waals surface area contributed by atoms with Crippen molar-refractivity contribution in [3.05, 3.63) is 46.0 Å². The molecule has 0 radical (unpaired) electrons. The molecule has 1 aromatic rings. The van der Waals surface area contributed by atoms with Crippen LogP contribution < -0.4 is 5.73 Å². The number of hydrogen-bond donors (Lipinski definition) is 1. The molecule has 1 aliphatic heterocycles. The van der Waals surface area contributed by atoms with Crippen molar-refractivity contribution in [1.29, 1.82) is 0 Å². The molecule has 0 spiro atoms. The number of nitrogens with zero attached hydrogens (tertiary/aromatic N) is 1. The van der Waals surface area contributed by atoms with E-state index >= 15 is 0 Å². The van der Waals surface area contributed by atoms with Crippen molar-refractivity contribution in [2.24, 2.45) is 5.73 Å². The normalized spacial score (nSPS) is 20.0. The van der Waals surface area contributed by atoms with E-state index in [4.69, 9.17) is 5.73 Å². The second kappa shape index (κ2) is 6.50. The van der Waals surface area contributed by atoms with Gasteiger partial charge in [-0.3, -0.25) is 4.90 Å². The Morgan fingerprint density at radius 3 is 2.43 bits per heavy atom. The molecule has 0 fully saturated rings. The minimum absolute atomic E-state index is 0.0111. The summed E-state index contributed by atoms with van der Waals surface area (Å²) >= 11 is 3.50. The summed E-state index contributed by atoms with van der Waals surface area (Å²) in [6.45, 7) is 2.51. The molecule has 116 valence electrons. The van der Waals surface area contributed by atoms with Gasteiger partial charge in [-0.1, -0.05) is 40.2 Å². The van der Waals surface area contributed by atoms with E-state index in [-0.39, 0.29) is 25.0 Å². The fourth-order valence-electron chi connectivity index (χ4n) is 2.72. The van der Waals surface area contributed by atoms with Gasteiger partial charge in [-0.05, 0) is 25.0 Å². The lowest BCUT2D eigenvalue weighted by Gasteiger charge is -2.37. The van der Waals surface area contributed by atoms with Crippen LogP contribution in [0, 0.1) is 0 Å². The van der Waals surface area contributed by atoms with Crippen LogP contribution in [-0.2, 0) is 0 Å². The quantitative estimate of drug-likeness (QED) is 0.822. The third kappa shape index (κ3) is 3.87. The molecule has 0 aromatic heterocycles. The van der Waals surface area contributed by atoms with Gasteiger partial charge in [-0.25, -0.2) is 0 Å². The van der Waals surface area contributed by atoms with E-state index in [1.54, 1.807) is 0 Å². The molecule has 2 rings (SSSR count). The summed E-state index contributed by atoms with van der Waals surface area (Å²) in [6.07, 6.45) is -2.93. The van der Waals surface area contributed by atoms with Crippen molar-refractivity contribution in [2.75, 3.05) is 13.1 Å². The molecular formula is C15H18BrF3N2. The molecule has 0 saturated heterocycles. The molecule has 1 aliphatic rings. The lowest BCUT2D eigenvalue weighted by atomic mass is 9.96. The van der Waals surface area contributed by atoms with Crippen molar-refractivity contribution >= 4 is 15.9 Å². The minimum atomic E-state index is -4.22. The van der Waals surface area contributed by atoms with E-state index in [2.05, 4.69) is 15.9 Å². The zero-order valence-electron chi connectivity index (χ0n) is 11.7. The first-order valence-corrected chi connectivity index (χ1v) is 7.60. The molecule has 0 saturated carbocycles. The van der Waals surface area contributed by atoms with Crippen molar-refractivity contribution in [3.8, 4) is 0 Å². The van der Waals surface area contributed by atoms with Gasteiger partial charge in [0.25, 0.3) is 0 Å². The zero-order valence-corrected chi connectivity index (χ0v) is 13.3. The maximum Gasteiger partial charge on any atom is 0.412 e. The number of rotatable bonds is 3. The van der Waals surface area contributed by atoms with Gasteiger partial charge in [0.2, 0.25) is 0 Å². The summed E-state index contributed by atoms with van der Waals surface area (Å²) in [5.41, 5.74) is 6.66. The molecule has 0 bridgehead atoms. The predicted molar refractivity (Wildman–Crippen MR) is 80.9 cm³/mol. The van der Waals surface area contributed by atoms with Gasteiger partial charge < -0.3 is 5.73 Å². The third-order valence-corrected chi connectivity index (χ3v) is 4.44. The Bertz CT molecular complexity index is 526. The van der Waals surface area contributed by atoms with Crippen LogP contribution in [0.3, 0.4) is 0 Å². The average molecular weight is 363 g/mol. The maximum atomic E-state index is 12.7. The van der Waals surface area contributed by atoms with E-state index < -0.39 is 11.7 Å². The second-order valence-corrected chi connectivity index (χ2v) is 6.15. The average Bonchev–Trinajstić information content (AvgIpc) is 2.40. The number of nitrogens with two attached hydrogens (primary N) is 1. The molecule has 1 aromatic carbocycles. The maximum absolute atomic E-state index is 12.7. The Hall–Kier alpha value is -0.850. The molecule has 0 aliphatic carbocycles. The summed E-state index contributed by atoms with van der Waals surface area (Å²) in [5.74, 6) is 0. The Kier molecular flexibility index (Phi) is 5.11. The standard InChI is InChI=1S/C15H18BrF3N2/c1-10(20)14(12-4-2-3-5-13(12)16)21-8-6-11(7-9-21)15(17,18)19/h2-6,10,14H,7-9,20H2,1H3. The molecular weight excluding hydrogens is 345 g/mol. The number of benzene rings is 1. The summed E-state index contributed by atoms with van der Waals surface area (Å²) in [5, 5.41) is 0. The summed E-state index contributed by atoms with van der Waals surface area (Å²) in [4.78, 5) is 2.00. The van der Waals surface area contributed by atoms with Crippen LogP contribution >= 0.6 is 15.9 Å². The highest BCUT2D eigenvalue weighted by atomic mass is 79.9. The van der Waals surface area contributed by atoms with E-state index in [1.165, 1.54) is 6.08 Å². The lowest BCUT2D eigenvalue weighted by Crippen LogP contribution is -2.42. The number of hydrogen-bond acceptors (Lipinski definition) is 2. The number of halogens is 4. The summed E-state index contributed by atoms with van der Waals surface area (Å²) in [7, 11) is 0. The van der Waals surface area contributed by atoms with Crippen LogP contribution in [0.5, 0.6) is 0 Å². The van der Waals surface area contributed by atoms with Crippen molar-refractivity contribution < 1.29 is 13.2 Å². The Morgan fingerprint density at radius 2 is 1.95 bits per heavy atom. The van der Waals surface area contributed by atoms with Gasteiger partial charge in [0, 0.05) is 29.2 Å². The molecule has 21 heavy (non-hydrogen) atoms. The largest absolute Gasteiger partial charge is 0.412 e. The van der Waals surface area contributed by atoms with Gasteiger partial charge >= 0.3 is 6.18 Å². The van der Waals surface area contributed by atoms with Gasteiger partial charge in [0.05, 0.1) is 6.04 Å². The topological polar surface area (TPSA) is 29.3 Å². The molecule has 0 amide bonds.